The third-order valence-corrected chi connectivity index (χ3v) is 16.7. The van der Waals surface area contributed by atoms with Gasteiger partial charge in [-0.05, 0) is 145 Å². The van der Waals surface area contributed by atoms with Crippen molar-refractivity contribution in [1.82, 2.24) is 44.9 Å². The van der Waals surface area contributed by atoms with Gasteiger partial charge in [0, 0.05) is 135 Å². The van der Waals surface area contributed by atoms with Crippen molar-refractivity contribution in [1.29, 1.82) is 0 Å². The van der Waals surface area contributed by atoms with Gasteiger partial charge in [0.2, 0.25) is 16.5 Å². The summed E-state index contributed by atoms with van der Waals surface area (Å²) < 4.78 is 146. The molecule has 48 heteroatoms. The monoisotopic (exact) mass is 1910 g/mol. The molecular formula is C64H61Cl4N21O16S4Y3-2. The van der Waals surface area contributed by atoms with E-state index in [1.807, 2.05) is 0 Å². The molecule has 11 aromatic rings. The number of nitrogens with zero attached hydrogens (tertiary/aromatic N) is 17. The van der Waals surface area contributed by atoms with Gasteiger partial charge in [-0.2, -0.15) is 89.5 Å². The molecule has 11 rings (SSSR count). The zero-order valence-corrected chi connectivity index (χ0v) is 70.7. The predicted molar refractivity (Wildman–Crippen MR) is 405 cm³/mol. The summed E-state index contributed by atoms with van der Waals surface area (Å²) in [4.78, 5) is 33.0. The summed E-state index contributed by atoms with van der Waals surface area (Å²) in [5.74, 6) is 2.24. The van der Waals surface area contributed by atoms with E-state index >= 15 is 0 Å². The number of benzene rings is 8. The van der Waals surface area contributed by atoms with E-state index < -0.39 is 40.5 Å². The van der Waals surface area contributed by atoms with Crippen LogP contribution in [0.3, 0.4) is 0 Å². The minimum absolute atomic E-state index is 0. The molecule has 8 aromatic carbocycles. The average Bonchev–Trinajstić information content (AvgIpc) is 0.950. The van der Waals surface area contributed by atoms with Crippen LogP contribution in [0.5, 0.6) is 23.0 Å². The number of nitrogens with two attached hydrogens (primary N) is 1. The van der Waals surface area contributed by atoms with Crippen molar-refractivity contribution in [2.45, 2.75) is 41.9 Å². The first kappa shape index (κ1) is 99.8. The molecule has 581 valence electrons. The van der Waals surface area contributed by atoms with Crippen molar-refractivity contribution in [3.8, 4) is 23.0 Å². The SMILES string of the molecule is C.C.C.COc1cc(N=Nc2cccc(S(=O)(=O)O)c2)ccc1N.COc1cc(N=Nc2cccc(S(=O)(=O)O)c2)ccc1Nc1n[c-]nc(Cl)n1.COc1cc(N=Nc2cccc(S(=O)(=O)O)c2)ccc1Nc1n[c-]nc(Cl)n1.COc1cc(N=Nc2cccc(S(=O)(=O)O)c2)ccc1Nc1nc(Cl)nc(Cl)n1.[Y].[Y].[Y]. The molecule has 0 aliphatic carbocycles. The van der Waals surface area contributed by atoms with Gasteiger partial charge in [-0.1, -0.05) is 46.5 Å². The van der Waals surface area contributed by atoms with Crippen LogP contribution in [0.25, 0.3) is 0 Å². The quantitative estimate of drug-likeness (QED) is 0.0135. The molecule has 0 fully saturated rings. The second-order valence-corrected chi connectivity index (χ2v) is 26.9. The fourth-order valence-corrected chi connectivity index (χ4v) is 10.6. The second-order valence-electron chi connectivity index (χ2n) is 19.9. The summed E-state index contributed by atoms with van der Waals surface area (Å²) in [5.41, 5.74) is 10.6. The van der Waals surface area contributed by atoms with Crippen LogP contribution >= 0.6 is 46.4 Å². The zero-order chi connectivity index (χ0) is 76.8. The topological polar surface area (TPSA) is 531 Å². The Morgan fingerprint density at radius 3 is 0.830 bits per heavy atom. The fraction of sp³-hybridized carbons (Fsp3) is 0.109. The van der Waals surface area contributed by atoms with Gasteiger partial charge in [-0.3, -0.25) is 18.2 Å². The van der Waals surface area contributed by atoms with Crippen LogP contribution in [-0.2, 0) is 139 Å². The molecular weight excluding hydrogens is 1860 g/mol. The van der Waals surface area contributed by atoms with Gasteiger partial charge in [-0.25, -0.2) is 0 Å². The van der Waals surface area contributed by atoms with Crippen LogP contribution < -0.4 is 40.6 Å². The number of methoxy groups -OCH3 is 4. The summed E-state index contributed by atoms with van der Waals surface area (Å²) >= 11 is 22.9. The number of ether oxygens (including phenoxy) is 4. The van der Waals surface area contributed by atoms with Gasteiger partial charge in [0.15, 0.2) is 0 Å². The maximum Gasteiger partial charge on any atom is 0.294 e. The van der Waals surface area contributed by atoms with E-state index in [9.17, 15) is 33.7 Å². The molecule has 37 nitrogen and oxygen atoms in total. The van der Waals surface area contributed by atoms with Gasteiger partial charge in [-0.15, -0.1) is 23.2 Å². The van der Waals surface area contributed by atoms with Crippen molar-refractivity contribution in [2.24, 2.45) is 40.9 Å². The van der Waals surface area contributed by atoms with Crippen molar-refractivity contribution in [2.75, 3.05) is 50.1 Å². The Balaban J connectivity index is 0.000000501. The summed E-state index contributed by atoms with van der Waals surface area (Å²) in [6.45, 7) is 0. The molecule has 0 unspecified atom stereocenters. The number of aromatic nitrogens is 9. The Morgan fingerprint density at radius 1 is 0.330 bits per heavy atom. The minimum Gasteiger partial charge on any atom is -0.495 e. The Labute approximate surface area is 738 Å². The summed E-state index contributed by atoms with van der Waals surface area (Å²) in [6, 6.07) is 41.4. The molecule has 112 heavy (non-hydrogen) atoms. The maximum absolute atomic E-state index is 11.2. The van der Waals surface area contributed by atoms with Crippen molar-refractivity contribution < 1.29 is 169 Å². The van der Waals surface area contributed by atoms with Gasteiger partial charge in [0.25, 0.3) is 40.5 Å². The first-order valence-electron chi connectivity index (χ1n) is 28.7. The zero-order valence-electron chi connectivity index (χ0n) is 55.9. The van der Waals surface area contributed by atoms with Crippen LogP contribution in [0.4, 0.5) is 86.1 Å². The van der Waals surface area contributed by atoms with Crippen LogP contribution in [0.1, 0.15) is 22.3 Å². The van der Waals surface area contributed by atoms with Crippen molar-refractivity contribution in [3.63, 3.8) is 0 Å². The number of nitrogen functional groups attached to an aromatic ring is 1. The molecule has 0 spiro atoms. The predicted octanol–water partition coefficient (Wildman–Crippen LogP) is 16.9. The number of azo groups is 4. The molecule has 0 amide bonds. The van der Waals surface area contributed by atoms with Crippen molar-refractivity contribution in [3.05, 3.63) is 204 Å². The van der Waals surface area contributed by atoms with Crippen molar-refractivity contribution >= 4 is 173 Å². The van der Waals surface area contributed by atoms with E-state index in [2.05, 4.69) is 114 Å². The third kappa shape index (κ3) is 31.9. The van der Waals surface area contributed by atoms with Gasteiger partial charge in [0.05, 0.1) is 116 Å². The minimum atomic E-state index is -4.33. The number of hydrogen-bond acceptors (Lipinski definition) is 33. The summed E-state index contributed by atoms with van der Waals surface area (Å²) in [6.07, 6.45) is 4.72. The normalized spacial score (nSPS) is 11.0. The van der Waals surface area contributed by atoms with Gasteiger partial charge >= 0.3 is 0 Å². The Hall–Kier alpha value is -8.30. The molecule has 0 aliphatic rings. The maximum atomic E-state index is 11.2. The van der Waals surface area contributed by atoms with Crippen LogP contribution in [0.2, 0.25) is 21.1 Å². The van der Waals surface area contributed by atoms with E-state index in [1.54, 1.807) is 97.1 Å². The standard InChI is InChI=1S/C16H12Cl2N6O4S.2C16H12ClN6O4S.C13H13N3O4S.3CH4.3Y/c1-28-13-8-10(24-23-9-3-2-4-11(7-9)29(25,26)27)5-6-12(13)19-16-21-14(17)20-15(18)22-16;2*1-27-14-8-11(5-6-13(14)20-16-19-9-18-15(17)21-16)23-22-10-3-2-4-12(7-10)28(24,25)26;1-20-13-8-10(5-6-12(13)14)16-15-9-3-2-4-11(7-9)21(17,18)19;;;;;;/h2-8H,1H3,(H,25,26,27)(H,19,20,21,22);2*2-8H,1H3,(H,24,25,26)(H,18,19,20,21);2-8H,14H2,1H3,(H,17,18,19);3*1H4;;;/q;2*-1;;;;;;;. The first-order valence-corrected chi connectivity index (χ1v) is 36.0. The number of halogens is 4. The Kier molecular flexibility index (Phi) is 41.7. The molecule has 0 bridgehead atoms. The van der Waals surface area contributed by atoms with Gasteiger partial charge < -0.3 is 70.5 Å². The molecule has 0 saturated heterocycles. The van der Waals surface area contributed by atoms with Crippen LogP contribution in [0, 0.1) is 12.7 Å². The number of hydrogen-bond donors (Lipinski definition) is 8. The molecule has 3 heterocycles. The molecule has 0 saturated carbocycles. The van der Waals surface area contributed by atoms with Crippen LogP contribution in [-0.4, -0.2) is 125 Å². The second kappa shape index (κ2) is 46.8. The Morgan fingerprint density at radius 2 is 0.571 bits per heavy atom. The van der Waals surface area contributed by atoms with Crippen LogP contribution in [0.15, 0.2) is 230 Å². The van der Waals surface area contributed by atoms with E-state index in [0.717, 1.165) is 0 Å². The number of nitrogens with one attached hydrogen (secondary N) is 3. The first-order chi connectivity index (χ1) is 50.3. The molecule has 3 radical (unpaired) electrons. The number of anilines is 7. The Bertz CT molecular complexity index is 5440. The summed E-state index contributed by atoms with van der Waals surface area (Å²) in [7, 11) is -11.3. The van der Waals surface area contributed by atoms with Gasteiger partial charge in [0.1, 0.15) is 45.5 Å². The van der Waals surface area contributed by atoms with E-state index in [-0.39, 0.29) is 196 Å². The fourth-order valence-electron chi connectivity index (χ4n) is 7.94. The smallest absolute Gasteiger partial charge is 0.294 e. The van der Waals surface area contributed by atoms with E-state index in [0.29, 0.717) is 74.2 Å². The molecule has 9 N–H and O–H groups in total. The van der Waals surface area contributed by atoms with E-state index in [4.69, 9.17) is 89.3 Å². The molecule has 0 atom stereocenters. The largest absolute Gasteiger partial charge is 0.495 e. The molecule has 0 aliphatic heterocycles. The number of rotatable bonds is 22. The third-order valence-electron chi connectivity index (χ3n) is 12.7. The van der Waals surface area contributed by atoms with E-state index in [1.165, 1.54) is 101 Å². The molecule has 3 aromatic heterocycles. The average molecular weight is 1920 g/mol. The summed E-state index contributed by atoms with van der Waals surface area (Å²) in [5, 5.41) is 40.5.